The minimum Gasteiger partial charge on any atom is -0.368 e. The summed E-state index contributed by atoms with van der Waals surface area (Å²) < 4.78 is 2.24. The van der Waals surface area contributed by atoms with Crippen molar-refractivity contribution < 1.29 is 0 Å². The number of aromatic nitrogens is 2. The first kappa shape index (κ1) is 18.8. The van der Waals surface area contributed by atoms with E-state index in [1.807, 2.05) is 12.1 Å². The van der Waals surface area contributed by atoms with Crippen LogP contribution in [-0.2, 0) is 0 Å². The van der Waals surface area contributed by atoms with Crippen molar-refractivity contribution in [1.29, 1.82) is 0 Å². The first-order chi connectivity index (χ1) is 12.3. The molecular weight excluding hydrogens is 342 g/mol. The largest absolute Gasteiger partial charge is 0.368 e. The van der Waals surface area contributed by atoms with Crippen molar-refractivity contribution in [1.82, 2.24) is 9.38 Å². The maximum absolute atomic E-state index is 6.24. The van der Waals surface area contributed by atoms with Crippen molar-refractivity contribution in [3.8, 4) is 11.1 Å². The summed E-state index contributed by atoms with van der Waals surface area (Å²) in [5.41, 5.74) is 7.97. The molecule has 4 heteroatoms. The molecule has 2 aromatic heterocycles. The fourth-order valence-corrected chi connectivity index (χ4v) is 4.16. The summed E-state index contributed by atoms with van der Waals surface area (Å²) in [6.07, 6.45) is 2.20. The van der Waals surface area contributed by atoms with Gasteiger partial charge in [0.1, 0.15) is 11.5 Å². The molecule has 0 fully saturated rings. The number of nitrogens with one attached hydrogen (secondary N) is 1. The van der Waals surface area contributed by atoms with Gasteiger partial charge in [-0.15, -0.1) is 0 Å². The van der Waals surface area contributed by atoms with E-state index < -0.39 is 0 Å². The highest BCUT2D eigenvalue weighted by atomic mass is 35.5. The van der Waals surface area contributed by atoms with Crippen LogP contribution in [-0.4, -0.2) is 15.4 Å². The summed E-state index contributed by atoms with van der Waals surface area (Å²) in [4.78, 5) is 4.89. The van der Waals surface area contributed by atoms with Gasteiger partial charge in [-0.2, -0.15) is 0 Å². The average Bonchev–Trinajstić information content (AvgIpc) is 2.88. The fourth-order valence-electron chi connectivity index (χ4n) is 3.83. The van der Waals surface area contributed by atoms with E-state index in [1.54, 1.807) is 0 Å². The van der Waals surface area contributed by atoms with Gasteiger partial charge in [-0.1, -0.05) is 25.4 Å². The molecule has 0 bridgehead atoms. The third-order valence-electron chi connectivity index (χ3n) is 5.13. The number of benzene rings is 1. The molecule has 1 aromatic carbocycles. The second kappa shape index (κ2) is 7.32. The molecule has 0 aliphatic heterocycles. The van der Waals surface area contributed by atoms with Gasteiger partial charge in [-0.25, -0.2) is 4.98 Å². The number of fused-ring (bicyclic) bond motifs is 1. The Labute approximate surface area is 161 Å². The molecule has 138 valence electrons. The molecule has 1 N–H and O–H groups in total. The van der Waals surface area contributed by atoms with Crippen LogP contribution in [0.1, 0.15) is 49.2 Å². The van der Waals surface area contributed by atoms with E-state index in [1.165, 1.54) is 27.9 Å². The predicted octanol–water partition coefficient (Wildman–Crippen LogP) is 6.49. The minimum absolute atomic E-state index is 0.462. The number of rotatable bonds is 5. The molecule has 0 radical (unpaired) electrons. The molecule has 0 aliphatic rings. The Morgan fingerprint density at radius 3 is 2.19 bits per heavy atom. The van der Waals surface area contributed by atoms with E-state index in [9.17, 15) is 0 Å². The van der Waals surface area contributed by atoms with Crippen molar-refractivity contribution in [2.45, 2.75) is 60.4 Å². The molecule has 0 amide bonds. The van der Waals surface area contributed by atoms with Crippen molar-refractivity contribution in [2.24, 2.45) is 0 Å². The molecule has 0 saturated heterocycles. The smallest absolute Gasteiger partial charge is 0.146 e. The van der Waals surface area contributed by atoms with Crippen molar-refractivity contribution >= 4 is 23.1 Å². The first-order valence-corrected chi connectivity index (χ1v) is 9.76. The van der Waals surface area contributed by atoms with Gasteiger partial charge >= 0.3 is 0 Å². The van der Waals surface area contributed by atoms with Crippen molar-refractivity contribution in [3.05, 3.63) is 51.8 Å². The van der Waals surface area contributed by atoms with Crippen LogP contribution in [0.5, 0.6) is 0 Å². The van der Waals surface area contributed by atoms with E-state index >= 15 is 0 Å². The second-order valence-corrected chi connectivity index (χ2v) is 7.65. The maximum atomic E-state index is 6.24. The SMILES string of the molecule is CCC(CC)Nc1cc(C)nc2c(-c3c(C)cc(Cl)cc3C)cc(C)n12. The highest BCUT2D eigenvalue weighted by molar-refractivity contribution is 6.30. The predicted molar refractivity (Wildman–Crippen MR) is 113 cm³/mol. The van der Waals surface area contributed by atoms with Crippen molar-refractivity contribution in [3.63, 3.8) is 0 Å². The van der Waals surface area contributed by atoms with Gasteiger partial charge < -0.3 is 5.32 Å². The molecule has 0 spiro atoms. The van der Waals surface area contributed by atoms with Crippen molar-refractivity contribution in [2.75, 3.05) is 5.32 Å². The highest BCUT2D eigenvalue weighted by Gasteiger charge is 2.18. The monoisotopic (exact) mass is 369 g/mol. The first-order valence-electron chi connectivity index (χ1n) is 9.39. The maximum Gasteiger partial charge on any atom is 0.146 e. The third kappa shape index (κ3) is 3.33. The molecule has 3 rings (SSSR count). The molecule has 3 aromatic rings. The zero-order valence-electron chi connectivity index (χ0n) is 16.6. The van der Waals surface area contributed by atoms with Crippen LogP contribution >= 0.6 is 11.6 Å². The van der Waals surface area contributed by atoms with Crippen LogP contribution in [0.15, 0.2) is 24.3 Å². The summed E-state index contributed by atoms with van der Waals surface area (Å²) in [6.45, 7) is 12.9. The summed E-state index contributed by atoms with van der Waals surface area (Å²) >= 11 is 6.24. The summed E-state index contributed by atoms with van der Waals surface area (Å²) in [7, 11) is 0. The van der Waals surface area contributed by atoms with E-state index in [0.29, 0.717) is 6.04 Å². The summed E-state index contributed by atoms with van der Waals surface area (Å²) in [5, 5.41) is 4.49. The lowest BCUT2D eigenvalue weighted by Gasteiger charge is -2.19. The number of nitrogens with zero attached hydrogens (tertiary/aromatic N) is 2. The average molecular weight is 370 g/mol. The Morgan fingerprint density at radius 2 is 1.62 bits per heavy atom. The van der Waals surface area contributed by atoms with Crippen LogP contribution < -0.4 is 5.32 Å². The van der Waals surface area contributed by atoms with Crippen LogP contribution in [0.4, 0.5) is 5.82 Å². The third-order valence-corrected chi connectivity index (χ3v) is 5.35. The number of hydrogen-bond acceptors (Lipinski definition) is 2. The number of hydrogen-bond donors (Lipinski definition) is 1. The van der Waals surface area contributed by atoms with Crippen LogP contribution in [0.3, 0.4) is 0 Å². The fraction of sp³-hybridized carbons (Fsp3) is 0.409. The zero-order valence-corrected chi connectivity index (χ0v) is 17.3. The van der Waals surface area contributed by atoms with E-state index in [0.717, 1.165) is 35.0 Å². The van der Waals surface area contributed by atoms with Gasteiger partial charge in [0, 0.05) is 34.1 Å². The number of anilines is 1. The molecule has 0 atom stereocenters. The van der Waals surface area contributed by atoms with E-state index in [4.69, 9.17) is 16.6 Å². The van der Waals surface area contributed by atoms with Gasteiger partial charge in [-0.3, -0.25) is 4.40 Å². The zero-order chi connectivity index (χ0) is 19.0. The molecule has 0 aliphatic carbocycles. The molecule has 3 nitrogen and oxygen atoms in total. The normalized spacial score (nSPS) is 11.5. The Morgan fingerprint density at radius 1 is 1.00 bits per heavy atom. The van der Waals surface area contributed by atoms with E-state index in [2.05, 4.69) is 63.4 Å². The van der Waals surface area contributed by atoms with Gasteiger partial charge in [0.2, 0.25) is 0 Å². The lowest BCUT2D eigenvalue weighted by Crippen LogP contribution is -2.19. The van der Waals surface area contributed by atoms with Crippen LogP contribution in [0, 0.1) is 27.7 Å². The van der Waals surface area contributed by atoms with Gasteiger partial charge in [0.05, 0.1) is 0 Å². The number of halogens is 1. The standard InChI is InChI=1S/C22H28ClN3/c1-7-18(8-2)25-20-11-15(5)24-22-19(12-16(6)26(20)22)21-13(3)9-17(23)10-14(21)4/h9-12,18,25H,7-8H2,1-6H3. The lowest BCUT2D eigenvalue weighted by atomic mass is 9.97. The Bertz CT molecular complexity index is 929. The van der Waals surface area contributed by atoms with Gasteiger partial charge in [-0.05, 0) is 75.4 Å². The number of aryl methyl sites for hydroxylation is 4. The Kier molecular flexibility index (Phi) is 5.29. The van der Waals surface area contributed by atoms with Gasteiger partial charge in [0.25, 0.3) is 0 Å². The Hall–Kier alpha value is -2.00. The Balaban J connectivity index is 2.26. The van der Waals surface area contributed by atoms with Crippen LogP contribution in [0.2, 0.25) is 5.02 Å². The summed E-state index contributed by atoms with van der Waals surface area (Å²) in [5.74, 6) is 1.12. The van der Waals surface area contributed by atoms with Crippen LogP contribution in [0.25, 0.3) is 16.8 Å². The molecular formula is C22H28ClN3. The molecule has 0 unspecified atom stereocenters. The quantitative estimate of drug-likeness (QED) is 0.557. The second-order valence-electron chi connectivity index (χ2n) is 7.21. The molecule has 2 heterocycles. The van der Waals surface area contributed by atoms with E-state index in [-0.39, 0.29) is 0 Å². The van der Waals surface area contributed by atoms with Gasteiger partial charge in [0.15, 0.2) is 0 Å². The minimum atomic E-state index is 0.462. The summed E-state index contributed by atoms with van der Waals surface area (Å²) in [6, 6.07) is 8.90. The highest BCUT2D eigenvalue weighted by Crippen LogP contribution is 2.35. The lowest BCUT2D eigenvalue weighted by molar-refractivity contribution is 0.666. The molecule has 26 heavy (non-hydrogen) atoms. The topological polar surface area (TPSA) is 29.3 Å². The molecule has 0 saturated carbocycles.